The Morgan fingerprint density at radius 2 is 2.14 bits per heavy atom. The minimum atomic E-state index is 0.0733. The van der Waals surface area contributed by atoms with Crippen LogP contribution in [0.2, 0.25) is 0 Å². The second kappa shape index (κ2) is 7.56. The largest absolute Gasteiger partial charge is 0.352 e. The summed E-state index contributed by atoms with van der Waals surface area (Å²) in [6.07, 6.45) is 3.79. The molecule has 0 aliphatic heterocycles. The van der Waals surface area contributed by atoms with Crippen LogP contribution >= 0.6 is 0 Å². The molecule has 0 saturated heterocycles. The maximum atomic E-state index is 11.4. The summed E-state index contributed by atoms with van der Waals surface area (Å²) in [5.74, 6) is 0.195. The third-order valence-corrected chi connectivity index (χ3v) is 2.08. The van der Waals surface area contributed by atoms with Gasteiger partial charge in [-0.15, -0.1) is 0 Å². The number of nitrogens with one attached hydrogen (secondary N) is 1. The van der Waals surface area contributed by atoms with E-state index in [1.54, 1.807) is 0 Å². The zero-order valence-corrected chi connectivity index (χ0v) is 9.47. The molecule has 0 bridgehead atoms. The Balaban J connectivity index is 3.67. The van der Waals surface area contributed by atoms with Gasteiger partial charge in [-0.2, -0.15) is 0 Å². The van der Waals surface area contributed by atoms with Gasteiger partial charge in [-0.3, -0.25) is 4.79 Å². The van der Waals surface area contributed by atoms with Crippen molar-refractivity contribution in [3.63, 3.8) is 0 Å². The van der Waals surface area contributed by atoms with Crippen molar-refractivity contribution < 1.29 is 4.79 Å². The Bertz CT molecular complexity index is 195. The Hall–Kier alpha value is -0.830. The monoisotopic (exact) mass is 198 g/mol. The first kappa shape index (κ1) is 13.2. The second-order valence-electron chi connectivity index (χ2n) is 3.86. The number of amides is 1. The predicted molar refractivity (Wildman–Crippen MR) is 59.9 cm³/mol. The lowest BCUT2D eigenvalue weighted by molar-refractivity contribution is -0.124. The van der Waals surface area contributed by atoms with Gasteiger partial charge < -0.3 is 11.1 Å². The topological polar surface area (TPSA) is 55.1 Å². The summed E-state index contributed by atoms with van der Waals surface area (Å²) in [6.45, 7) is 7.27. The molecule has 0 aliphatic rings. The third-order valence-electron chi connectivity index (χ3n) is 2.08. The zero-order valence-electron chi connectivity index (χ0n) is 9.47. The van der Waals surface area contributed by atoms with Crippen LogP contribution in [0.5, 0.6) is 0 Å². The van der Waals surface area contributed by atoms with Gasteiger partial charge in [0.2, 0.25) is 5.91 Å². The molecule has 0 radical (unpaired) electrons. The molecule has 0 saturated carbocycles. The molecule has 0 aromatic rings. The summed E-state index contributed by atoms with van der Waals surface area (Å²) in [4.78, 5) is 11.4. The van der Waals surface area contributed by atoms with Crippen molar-refractivity contribution in [3.8, 4) is 0 Å². The summed E-state index contributed by atoms with van der Waals surface area (Å²) in [7, 11) is 0. The number of carbonyl (C=O) groups is 1. The van der Waals surface area contributed by atoms with E-state index in [-0.39, 0.29) is 11.8 Å². The molecule has 82 valence electrons. The van der Waals surface area contributed by atoms with Gasteiger partial charge in [-0.05, 0) is 33.2 Å². The maximum absolute atomic E-state index is 11.4. The maximum Gasteiger partial charge on any atom is 0.223 e. The van der Waals surface area contributed by atoms with E-state index in [1.807, 2.05) is 26.8 Å². The molecule has 1 unspecified atom stereocenters. The summed E-state index contributed by atoms with van der Waals surface area (Å²) in [5, 5.41) is 2.87. The Labute approximate surface area is 86.8 Å². The van der Waals surface area contributed by atoms with Gasteiger partial charge in [0.1, 0.15) is 0 Å². The van der Waals surface area contributed by atoms with Crippen LogP contribution in [0.3, 0.4) is 0 Å². The van der Waals surface area contributed by atoms with Gasteiger partial charge in [0.25, 0.3) is 0 Å². The van der Waals surface area contributed by atoms with E-state index in [1.165, 1.54) is 5.57 Å². The summed E-state index contributed by atoms with van der Waals surface area (Å²) < 4.78 is 0. The first-order valence-electron chi connectivity index (χ1n) is 5.19. The van der Waals surface area contributed by atoms with Crippen LogP contribution in [-0.2, 0) is 4.79 Å². The Kier molecular flexibility index (Phi) is 7.11. The van der Waals surface area contributed by atoms with E-state index in [9.17, 15) is 4.79 Å². The smallest absolute Gasteiger partial charge is 0.223 e. The van der Waals surface area contributed by atoms with Crippen molar-refractivity contribution in [3.05, 3.63) is 11.6 Å². The van der Waals surface area contributed by atoms with E-state index in [0.29, 0.717) is 13.1 Å². The highest BCUT2D eigenvalue weighted by atomic mass is 16.1. The van der Waals surface area contributed by atoms with Crippen LogP contribution in [0, 0.1) is 5.92 Å². The third kappa shape index (κ3) is 6.66. The van der Waals surface area contributed by atoms with E-state index >= 15 is 0 Å². The number of hydrogen-bond donors (Lipinski definition) is 2. The molecular weight excluding hydrogens is 176 g/mol. The quantitative estimate of drug-likeness (QED) is 0.635. The van der Waals surface area contributed by atoms with E-state index in [2.05, 4.69) is 5.32 Å². The van der Waals surface area contributed by atoms with Crippen LogP contribution in [0.15, 0.2) is 11.6 Å². The van der Waals surface area contributed by atoms with Gasteiger partial charge in [0.05, 0.1) is 0 Å². The molecule has 1 atom stereocenters. The van der Waals surface area contributed by atoms with Gasteiger partial charge in [0.15, 0.2) is 0 Å². The normalized spacial score (nSPS) is 12.0. The summed E-state index contributed by atoms with van der Waals surface area (Å²) in [6, 6.07) is 0. The number of rotatable bonds is 6. The highest BCUT2D eigenvalue weighted by Crippen LogP contribution is 2.04. The van der Waals surface area contributed by atoms with Crippen LogP contribution in [-0.4, -0.2) is 19.0 Å². The summed E-state index contributed by atoms with van der Waals surface area (Å²) in [5.41, 5.74) is 6.60. The van der Waals surface area contributed by atoms with Crippen molar-refractivity contribution in [2.45, 2.75) is 33.6 Å². The number of allylic oxidation sites excluding steroid dienone is 1. The minimum Gasteiger partial charge on any atom is -0.352 e. The lowest BCUT2D eigenvalue weighted by Gasteiger charge is -2.10. The molecule has 1 amide bonds. The molecule has 3 nitrogen and oxygen atoms in total. The predicted octanol–water partition coefficient (Wildman–Crippen LogP) is 1.44. The number of hydrogen-bond acceptors (Lipinski definition) is 2. The Morgan fingerprint density at radius 3 is 2.64 bits per heavy atom. The molecule has 0 spiro atoms. The molecule has 14 heavy (non-hydrogen) atoms. The molecule has 3 heteroatoms. The minimum absolute atomic E-state index is 0.0733. The zero-order chi connectivity index (χ0) is 11.0. The first-order chi connectivity index (χ1) is 6.57. The van der Waals surface area contributed by atoms with Gasteiger partial charge >= 0.3 is 0 Å². The molecule has 0 aromatic heterocycles. The van der Waals surface area contributed by atoms with Crippen LogP contribution in [0.1, 0.15) is 33.6 Å². The van der Waals surface area contributed by atoms with Gasteiger partial charge in [0, 0.05) is 12.5 Å². The fourth-order valence-corrected chi connectivity index (χ4v) is 1.09. The average Bonchev–Trinajstić information content (AvgIpc) is 2.13. The van der Waals surface area contributed by atoms with Crippen molar-refractivity contribution in [2.75, 3.05) is 13.1 Å². The molecule has 0 rings (SSSR count). The molecule has 0 fully saturated rings. The lowest BCUT2D eigenvalue weighted by atomic mass is 10.1. The van der Waals surface area contributed by atoms with Crippen molar-refractivity contribution in [2.24, 2.45) is 11.7 Å². The number of nitrogens with two attached hydrogens (primary N) is 1. The highest BCUT2D eigenvalue weighted by Gasteiger charge is 2.10. The van der Waals surface area contributed by atoms with Crippen LogP contribution in [0.25, 0.3) is 0 Å². The lowest BCUT2D eigenvalue weighted by Crippen LogP contribution is -2.29. The number of carbonyl (C=O) groups excluding carboxylic acids is 1. The highest BCUT2D eigenvalue weighted by molar-refractivity contribution is 5.78. The SMILES string of the molecule is CC(C)=CCNC(=O)C(C)CCCN. The molecule has 0 aliphatic carbocycles. The van der Waals surface area contributed by atoms with Crippen LogP contribution in [0.4, 0.5) is 0 Å². The molecular formula is C11H22N2O. The Morgan fingerprint density at radius 1 is 1.50 bits per heavy atom. The standard InChI is InChI=1S/C11H22N2O/c1-9(2)6-8-13-11(14)10(3)5-4-7-12/h6,10H,4-5,7-8,12H2,1-3H3,(H,13,14). The van der Waals surface area contributed by atoms with Crippen molar-refractivity contribution in [1.82, 2.24) is 5.32 Å². The summed E-state index contributed by atoms with van der Waals surface area (Å²) >= 11 is 0. The van der Waals surface area contributed by atoms with E-state index < -0.39 is 0 Å². The van der Waals surface area contributed by atoms with Crippen molar-refractivity contribution in [1.29, 1.82) is 0 Å². The van der Waals surface area contributed by atoms with Gasteiger partial charge in [-0.25, -0.2) is 0 Å². The molecule has 0 heterocycles. The fourth-order valence-electron chi connectivity index (χ4n) is 1.09. The fraction of sp³-hybridized carbons (Fsp3) is 0.727. The van der Waals surface area contributed by atoms with E-state index in [4.69, 9.17) is 5.73 Å². The van der Waals surface area contributed by atoms with E-state index in [0.717, 1.165) is 12.8 Å². The van der Waals surface area contributed by atoms with Gasteiger partial charge in [-0.1, -0.05) is 18.6 Å². The average molecular weight is 198 g/mol. The second-order valence-corrected chi connectivity index (χ2v) is 3.86. The van der Waals surface area contributed by atoms with Crippen LogP contribution < -0.4 is 11.1 Å². The first-order valence-corrected chi connectivity index (χ1v) is 5.19. The van der Waals surface area contributed by atoms with Crippen molar-refractivity contribution >= 4 is 5.91 Å². The molecule has 0 aromatic carbocycles. The molecule has 3 N–H and O–H groups in total.